The van der Waals surface area contributed by atoms with Gasteiger partial charge in [-0.15, -0.1) is 0 Å². The SMILES string of the molecule is O=C(O)C(=O)/C=C/C=C\O. The maximum absolute atomic E-state index is 10.2. The topological polar surface area (TPSA) is 74.6 Å². The Labute approximate surface area is 57.1 Å². The summed E-state index contributed by atoms with van der Waals surface area (Å²) in [6.07, 6.45) is 3.82. The Hall–Kier alpha value is -1.58. The highest BCUT2D eigenvalue weighted by atomic mass is 16.4. The largest absolute Gasteiger partial charge is 0.516 e. The van der Waals surface area contributed by atoms with Gasteiger partial charge in [-0.25, -0.2) is 4.79 Å². The first-order valence-corrected chi connectivity index (χ1v) is 2.43. The van der Waals surface area contributed by atoms with Crippen molar-refractivity contribution < 1.29 is 19.8 Å². The first-order chi connectivity index (χ1) is 4.68. The zero-order chi connectivity index (χ0) is 7.98. The smallest absolute Gasteiger partial charge is 0.376 e. The summed E-state index contributed by atoms with van der Waals surface area (Å²) in [6, 6.07) is 0. The molecular formula is C6H6O4. The molecule has 4 heteroatoms. The van der Waals surface area contributed by atoms with Gasteiger partial charge < -0.3 is 10.2 Å². The number of carbonyl (C=O) groups excluding carboxylic acids is 1. The average molecular weight is 142 g/mol. The van der Waals surface area contributed by atoms with Crippen LogP contribution in [-0.2, 0) is 9.59 Å². The molecule has 0 aromatic heterocycles. The summed E-state index contributed by atoms with van der Waals surface area (Å²) in [7, 11) is 0. The van der Waals surface area contributed by atoms with Crippen LogP contribution in [0, 0.1) is 0 Å². The number of hydrogen-bond acceptors (Lipinski definition) is 3. The van der Waals surface area contributed by atoms with Crippen molar-refractivity contribution in [2.24, 2.45) is 0 Å². The lowest BCUT2D eigenvalue weighted by Crippen LogP contribution is -2.08. The van der Waals surface area contributed by atoms with Crippen molar-refractivity contribution in [3.05, 3.63) is 24.5 Å². The van der Waals surface area contributed by atoms with Crippen LogP contribution >= 0.6 is 0 Å². The van der Waals surface area contributed by atoms with Gasteiger partial charge in [0.15, 0.2) is 0 Å². The number of carboxylic acids is 1. The van der Waals surface area contributed by atoms with E-state index in [-0.39, 0.29) is 0 Å². The van der Waals surface area contributed by atoms with E-state index in [4.69, 9.17) is 10.2 Å². The van der Waals surface area contributed by atoms with Gasteiger partial charge >= 0.3 is 5.97 Å². The molecule has 54 valence electrons. The fraction of sp³-hybridized carbons (Fsp3) is 0. The van der Waals surface area contributed by atoms with Crippen LogP contribution in [0.4, 0.5) is 0 Å². The minimum Gasteiger partial charge on any atom is -0.516 e. The molecule has 0 bridgehead atoms. The maximum atomic E-state index is 10.2. The van der Waals surface area contributed by atoms with E-state index in [2.05, 4.69) is 0 Å². The third-order valence-electron chi connectivity index (χ3n) is 0.656. The summed E-state index contributed by atoms with van der Waals surface area (Å²) in [4.78, 5) is 20.0. The van der Waals surface area contributed by atoms with Crippen molar-refractivity contribution in [3.63, 3.8) is 0 Å². The van der Waals surface area contributed by atoms with E-state index in [1.807, 2.05) is 0 Å². The number of aliphatic carboxylic acids is 1. The molecule has 10 heavy (non-hydrogen) atoms. The second kappa shape index (κ2) is 4.31. The van der Waals surface area contributed by atoms with E-state index in [0.717, 1.165) is 18.2 Å². The average Bonchev–Trinajstić information content (AvgIpc) is 1.88. The Bertz CT molecular complexity index is 190. The Morgan fingerprint density at radius 1 is 1.20 bits per heavy atom. The Morgan fingerprint density at radius 2 is 1.80 bits per heavy atom. The van der Waals surface area contributed by atoms with E-state index in [1.54, 1.807) is 0 Å². The van der Waals surface area contributed by atoms with E-state index < -0.39 is 11.8 Å². The molecule has 0 saturated carbocycles. The standard InChI is InChI=1S/C6H6O4/c7-4-2-1-3-5(8)6(9)10/h1-4,7H,(H,9,10)/b3-1+,4-2-. The number of carbonyl (C=O) groups is 2. The lowest BCUT2D eigenvalue weighted by atomic mass is 10.3. The summed E-state index contributed by atoms with van der Waals surface area (Å²) in [6.45, 7) is 0. The van der Waals surface area contributed by atoms with Crippen molar-refractivity contribution in [2.75, 3.05) is 0 Å². The van der Waals surface area contributed by atoms with Gasteiger partial charge in [0, 0.05) is 0 Å². The molecule has 0 aliphatic carbocycles. The lowest BCUT2D eigenvalue weighted by Gasteiger charge is -1.79. The van der Waals surface area contributed by atoms with Crippen molar-refractivity contribution in [1.82, 2.24) is 0 Å². The number of ketones is 1. The zero-order valence-electron chi connectivity index (χ0n) is 5.02. The molecule has 2 N–H and O–H groups in total. The lowest BCUT2D eigenvalue weighted by molar-refractivity contribution is -0.146. The molecule has 4 nitrogen and oxygen atoms in total. The molecule has 0 aliphatic rings. The Kier molecular flexibility index (Phi) is 3.63. The van der Waals surface area contributed by atoms with Crippen LogP contribution in [-0.4, -0.2) is 22.0 Å². The van der Waals surface area contributed by atoms with Crippen molar-refractivity contribution >= 4 is 11.8 Å². The van der Waals surface area contributed by atoms with E-state index in [0.29, 0.717) is 6.26 Å². The number of rotatable bonds is 3. The number of aliphatic hydroxyl groups is 1. The molecule has 0 rings (SSSR count). The highest BCUT2D eigenvalue weighted by molar-refractivity contribution is 6.37. The van der Waals surface area contributed by atoms with Crippen LogP contribution in [0.25, 0.3) is 0 Å². The van der Waals surface area contributed by atoms with Crippen LogP contribution in [0.5, 0.6) is 0 Å². The van der Waals surface area contributed by atoms with Crippen LogP contribution in [0.15, 0.2) is 24.5 Å². The monoisotopic (exact) mass is 142 g/mol. The summed E-state index contributed by atoms with van der Waals surface area (Å²) < 4.78 is 0. The molecule has 0 fully saturated rings. The maximum Gasteiger partial charge on any atom is 0.376 e. The molecule has 0 radical (unpaired) electrons. The van der Waals surface area contributed by atoms with Gasteiger partial charge in [-0.3, -0.25) is 4.79 Å². The number of allylic oxidation sites excluding steroid dienone is 2. The molecule has 0 aliphatic heterocycles. The van der Waals surface area contributed by atoms with Crippen LogP contribution in [0.2, 0.25) is 0 Å². The van der Waals surface area contributed by atoms with E-state index in [1.165, 1.54) is 0 Å². The fourth-order valence-corrected chi connectivity index (χ4v) is 0.264. The molecular weight excluding hydrogens is 136 g/mol. The normalized spacial score (nSPS) is 10.8. The Balaban J connectivity index is 3.90. The number of carboxylic acid groups (broad SMARTS) is 1. The van der Waals surface area contributed by atoms with Crippen molar-refractivity contribution in [3.8, 4) is 0 Å². The molecule has 0 unspecified atom stereocenters. The molecule has 0 saturated heterocycles. The fourth-order valence-electron chi connectivity index (χ4n) is 0.264. The molecule has 0 aromatic rings. The summed E-state index contributed by atoms with van der Waals surface area (Å²) >= 11 is 0. The van der Waals surface area contributed by atoms with Gasteiger partial charge in [0.1, 0.15) is 0 Å². The first-order valence-electron chi connectivity index (χ1n) is 2.43. The molecule has 0 aromatic carbocycles. The first kappa shape index (κ1) is 8.42. The summed E-state index contributed by atoms with van der Waals surface area (Å²) in [5.41, 5.74) is 0. The number of aliphatic hydroxyl groups excluding tert-OH is 1. The zero-order valence-corrected chi connectivity index (χ0v) is 5.02. The molecule has 0 heterocycles. The van der Waals surface area contributed by atoms with Gasteiger partial charge in [-0.2, -0.15) is 0 Å². The van der Waals surface area contributed by atoms with E-state index in [9.17, 15) is 9.59 Å². The Morgan fingerprint density at radius 3 is 2.20 bits per heavy atom. The van der Waals surface area contributed by atoms with Gasteiger partial charge in [0.2, 0.25) is 0 Å². The third-order valence-corrected chi connectivity index (χ3v) is 0.656. The quantitative estimate of drug-likeness (QED) is 0.256. The second-order valence-corrected chi connectivity index (χ2v) is 1.37. The molecule has 0 spiro atoms. The van der Waals surface area contributed by atoms with Crippen LogP contribution in [0.3, 0.4) is 0 Å². The predicted octanol–water partition coefficient (Wildman–Crippen LogP) is 0.268. The molecule has 0 atom stereocenters. The van der Waals surface area contributed by atoms with Crippen LogP contribution in [0.1, 0.15) is 0 Å². The summed E-state index contributed by atoms with van der Waals surface area (Å²) in [5, 5.41) is 16.0. The number of hydrogen-bond donors (Lipinski definition) is 2. The van der Waals surface area contributed by atoms with Crippen molar-refractivity contribution in [1.29, 1.82) is 0 Å². The van der Waals surface area contributed by atoms with Gasteiger partial charge in [0.05, 0.1) is 6.26 Å². The molecule has 0 amide bonds. The van der Waals surface area contributed by atoms with Gasteiger partial charge in [-0.05, 0) is 12.2 Å². The minimum atomic E-state index is -1.51. The second-order valence-electron chi connectivity index (χ2n) is 1.37. The van der Waals surface area contributed by atoms with Gasteiger partial charge in [-0.1, -0.05) is 6.08 Å². The van der Waals surface area contributed by atoms with Crippen LogP contribution < -0.4 is 0 Å². The van der Waals surface area contributed by atoms with E-state index >= 15 is 0 Å². The highest BCUT2D eigenvalue weighted by Crippen LogP contribution is 1.78. The van der Waals surface area contributed by atoms with Gasteiger partial charge in [0.25, 0.3) is 5.78 Å². The van der Waals surface area contributed by atoms with Crippen molar-refractivity contribution in [2.45, 2.75) is 0 Å². The predicted molar refractivity (Wildman–Crippen MR) is 33.6 cm³/mol. The third kappa shape index (κ3) is 3.43. The summed E-state index contributed by atoms with van der Waals surface area (Å²) in [5.74, 6) is -2.53. The highest BCUT2D eigenvalue weighted by Gasteiger charge is 2.03. The minimum absolute atomic E-state index is 0.700.